The van der Waals surface area contributed by atoms with Crippen molar-refractivity contribution in [3.63, 3.8) is 0 Å². The quantitative estimate of drug-likeness (QED) is 0.481. The summed E-state index contributed by atoms with van der Waals surface area (Å²) in [4.78, 5) is 15.6. The van der Waals surface area contributed by atoms with Crippen molar-refractivity contribution in [3.05, 3.63) is 53.6 Å². The molecule has 0 aromatic heterocycles. The van der Waals surface area contributed by atoms with Gasteiger partial charge in [-0.25, -0.2) is 0 Å². The standard InChI is InChI=1S/C21H28N4O3/c1-15(26)25-18-13-16(9-10-20(18)28-4)14-24-21(22-2)23-12-11-17-7-5-6-8-19(17)27-3/h5-10,13H,11-12,14H2,1-4H3,(H,25,26)(H2,22,23,24). The monoisotopic (exact) mass is 384 g/mol. The molecular weight excluding hydrogens is 356 g/mol. The maximum absolute atomic E-state index is 11.4. The second-order valence-electron chi connectivity index (χ2n) is 6.13. The van der Waals surface area contributed by atoms with Gasteiger partial charge in [0.05, 0.1) is 19.9 Å². The summed E-state index contributed by atoms with van der Waals surface area (Å²) in [6.45, 7) is 2.75. The number of hydrogen-bond acceptors (Lipinski definition) is 4. The number of methoxy groups -OCH3 is 2. The Morgan fingerprint density at radius 1 is 1.04 bits per heavy atom. The zero-order valence-electron chi connectivity index (χ0n) is 16.8. The maximum atomic E-state index is 11.4. The molecule has 0 aliphatic rings. The van der Waals surface area contributed by atoms with Gasteiger partial charge in [0.2, 0.25) is 5.91 Å². The number of nitrogens with zero attached hydrogens (tertiary/aromatic N) is 1. The van der Waals surface area contributed by atoms with E-state index in [2.05, 4.69) is 27.0 Å². The number of carbonyl (C=O) groups is 1. The highest BCUT2D eigenvalue weighted by Gasteiger charge is 2.07. The van der Waals surface area contributed by atoms with Crippen LogP contribution >= 0.6 is 0 Å². The molecule has 2 rings (SSSR count). The largest absolute Gasteiger partial charge is 0.496 e. The molecule has 2 aromatic rings. The van der Waals surface area contributed by atoms with E-state index in [4.69, 9.17) is 9.47 Å². The van der Waals surface area contributed by atoms with Crippen LogP contribution in [0.4, 0.5) is 5.69 Å². The lowest BCUT2D eigenvalue weighted by Gasteiger charge is -2.14. The third-order valence-electron chi connectivity index (χ3n) is 4.14. The summed E-state index contributed by atoms with van der Waals surface area (Å²) in [5, 5.41) is 9.35. The fraction of sp³-hybridized carbons (Fsp3) is 0.333. The fourth-order valence-electron chi connectivity index (χ4n) is 2.78. The lowest BCUT2D eigenvalue weighted by Crippen LogP contribution is -2.37. The van der Waals surface area contributed by atoms with Crippen molar-refractivity contribution in [2.45, 2.75) is 19.9 Å². The van der Waals surface area contributed by atoms with Crippen molar-refractivity contribution in [2.75, 3.05) is 33.1 Å². The smallest absolute Gasteiger partial charge is 0.221 e. The molecule has 0 saturated carbocycles. The molecule has 28 heavy (non-hydrogen) atoms. The lowest BCUT2D eigenvalue weighted by atomic mass is 10.1. The van der Waals surface area contributed by atoms with Crippen molar-refractivity contribution in [2.24, 2.45) is 4.99 Å². The first kappa shape index (κ1) is 21.1. The first-order chi connectivity index (χ1) is 13.6. The molecule has 0 aliphatic carbocycles. The van der Waals surface area contributed by atoms with Crippen molar-refractivity contribution in [1.82, 2.24) is 10.6 Å². The Morgan fingerprint density at radius 3 is 2.46 bits per heavy atom. The predicted molar refractivity (Wildman–Crippen MR) is 112 cm³/mol. The third-order valence-corrected chi connectivity index (χ3v) is 4.14. The Bertz CT molecular complexity index is 821. The highest BCUT2D eigenvalue weighted by atomic mass is 16.5. The third kappa shape index (κ3) is 6.19. The number of para-hydroxylation sites is 1. The van der Waals surface area contributed by atoms with Gasteiger partial charge in [-0.05, 0) is 35.7 Å². The Hall–Kier alpha value is -3.22. The number of amides is 1. The highest BCUT2D eigenvalue weighted by molar-refractivity contribution is 5.90. The van der Waals surface area contributed by atoms with Gasteiger partial charge in [0.25, 0.3) is 0 Å². The summed E-state index contributed by atoms with van der Waals surface area (Å²) >= 11 is 0. The summed E-state index contributed by atoms with van der Waals surface area (Å²) in [5.41, 5.74) is 2.79. The van der Waals surface area contributed by atoms with E-state index in [1.165, 1.54) is 6.92 Å². The van der Waals surface area contributed by atoms with Crippen LogP contribution in [0.15, 0.2) is 47.5 Å². The number of anilines is 1. The Labute approximate surface area is 166 Å². The number of nitrogens with one attached hydrogen (secondary N) is 3. The minimum Gasteiger partial charge on any atom is -0.496 e. The van der Waals surface area contributed by atoms with E-state index in [9.17, 15) is 4.79 Å². The molecule has 7 nitrogen and oxygen atoms in total. The van der Waals surface area contributed by atoms with Gasteiger partial charge in [-0.2, -0.15) is 0 Å². The summed E-state index contributed by atoms with van der Waals surface area (Å²) < 4.78 is 10.7. The van der Waals surface area contributed by atoms with Gasteiger partial charge < -0.3 is 25.4 Å². The molecule has 7 heteroatoms. The van der Waals surface area contributed by atoms with Gasteiger partial charge in [0.15, 0.2) is 5.96 Å². The average Bonchev–Trinajstić information content (AvgIpc) is 2.70. The highest BCUT2D eigenvalue weighted by Crippen LogP contribution is 2.25. The van der Waals surface area contributed by atoms with Gasteiger partial charge in [-0.1, -0.05) is 24.3 Å². The summed E-state index contributed by atoms with van der Waals surface area (Å²) in [7, 11) is 4.98. The second-order valence-corrected chi connectivity index (χ2v) is 6.13. The number of guanidine groups is 1. The molecule has 0 unspecified atom stereocenters. The molecule has 150 valence electrons. The number of aliphatic imine (C=N–C) groups is 1. The molecular formula is C21H28N4O3. The SMILES string of the molecule is CN=C(NCCc1ccccc1OC)NCc1ccc(OC)c(NC(C)=O)c1. The topological polar surface area (TPSA) is 84.0 Å². The molecule has 0 saturated heterocycles. The molecule has 0 fully saturated rings. The van der Waals surface area contributed by atoms with Crippen LogP contribution < -0.4 is 25.4 Å². The minimum atomic E-state index is -0.141. The van der Waals surface area contributed by atoms with Crippen LogP contribution in [-0.2, 0) is 17.8 Å². The van der Waals surface area contributed by atoms with Crippen LogP contribution in [0, 0.1) is 0 Å². The summed E-state index contributed by atoms with van der Waals surface area (Å²) in [5.74, 6) is 2.07. The number of benzene rings is 2. The second kappa shape index (κ2) is 10.8. The lowest BCUT2D eigenvalue weighted by molar-refractivity contribution is -0.114. The number of hydrogen-bond donors (Lipinski definition) is 3. The van der Waals surface area contributed by atoms with Gasteiger partial charge in [0, 0.05) is 27.1 Å². The number of ether oxygens (including phenoxy) is 2. The van der Waals surface area contributed by atoms with Crippen LogP contribution in [0.2, 0.25) is 0 Å². The number of rotatable bonds is 8. The molecule has 0 spiro atoms. The van der Waals surface area contributed by atoms with Gasteiger partial charge in [-0.3, -0.25) is 9.79 Å². The molecule has 2 aromatic carbocycles. The van der Waals surface area contributed by atoms with Crippen LogP contribution in [0.25, 0.3) is 0 Å². The van der Waals surface area contributed by atoms with Gasteiger partial charge in [0.1, 0.15) is 11.5 Å². The first-order valence-corrected chi connectivity index (χ1v) is 9.08. The van der Waals surface area contributed by atoms with Gasteiger partial charge in [-0.15, -0.1) is 0 Å². The van der Waals surface area contributed by atoms with Crippen molar-refractivity contribution < 1.29 is 14.3 Å². The molecule has 0 atom stereocenters. The first-order valence-electron chi connectivity index (χ1n) is 9.08. The molecule has 0 heterocycles. The fourth-order valence-corrected chi connectivity index (χ4v) is 2.78. The molecule has 0 aliphatic heterocycles. The van der Waals surface area contributed by atoms with Crippen LogP contribution in [-0.4, -0.2) is 39.7 Å². The Kier molecular flexibility index (Phi) is 8.14. The molecule has 0 bridgehead atoms. The minimum absolute atomic E-state index is 0.141. The van der Waals surface area contributed by atoms with E-state index in [1.54, 1.807) is 21.3 Å². The molecule has 3 N–H and O–H groups in total. The van der Waals surface area contributed by atoms with Crippen molar-refractivity contribution in [3.8, 4) is 11.5 Å². The predicted octanol–water partition coefficient (Wildman–Crippen LogP) is 2.57. The summed E-state index contributed by atoms with van der Waals surface area (Å²) in [6, 6.07) is 13.6. The molecule has 1 amide bonds. The normalized spacial score (nSPS) is 10.9. The Morgan fingerprint density at radius 2 is 1.79 bits per heavy atom. The van der Waals surface area contributed by atoms with Crippen LogP contribution in [0.1, 0.15) is 18.1 Å². The van der Waals surface area contributed by atoms with E-state index in [1.807, 2.05) is 36.4 Å². The maximum Gasteiger partial charge on any atom is 0.221 e. The average molecular weight is 384 g/mol. The van der Waals surface area contributed by atoms with Crippen LogP contribution in [0.3, 0.4) is 0 Å². The van der Waals surface area contributed by atoms with Crippen molar-refractivity contribution >= 4 is 17.6 Å². The van der Waals surface area contributed by atoms with E-state index in [0.29, 0.717) is 23.9 Å². The van der Waals surface area contributed by atoms with E-state index in [-0.39, 0.29) is 5.91 Å². The Balaban J connectivity index is 1.90. The van der Waals surface area contributed by atoms with Crippen LogP contribution in [0.5, 0.6) is 11.5 Å². The summed E-state index contributed by atoms with van der Waals surface area (Å²) in [6.07, 6.45) is 0.819. The number of carbonyl (C=O) groups excluding carboxylic acids is 1. The zero-order valence-corrected chi connectivity index (χ0v) is 16.8. The van der Waals surface area contributed by atoms with Gasteiger partial charge >= 0.3 is 0 Å². The van der Waals surface area contributed by atoms with E-state index < -0.39 is 0 Å². The van der Waals surface area contributed by atoms with E-state index in [0.717, 1.165) is 29.8 Å². The zero-order chi connectivity index (χ0) is 20.4. The van der Waals surface area contributed by atoms with E-state index >= 15 is 0 Å². The molecule has 0 radical (unpaired) electrons. The van der Waals surface area contributed by atoms with Crippen molar-refractivity contribution in [1.29, 1.82) is 0 Å².